The zero-order valence-corrected chi connectivity index (χ0v) is 13.8. The first-order valence-corrected chi connectivity index (χ1v) is 7.69. The van der Waals surface area contributed by atoms with Crippen LogP contribution >= 0.6 is 0 Å². The molecular formula is C18H21N3O3. The van der Waals surface area contributed by atoms with Crippen molar-refractivity contribution in [2.45, 2.75) is 32.2 Å². The normalized spacial score (nSPS) is 11.6. The molecule has 1 amide bonds. The van der Waals surface area contributed by atoms with Crippen LogP contribution in [-0.2, 0) is 15.1 Å². The van der Waals surface area contributed by atoms with Crippen LogP contribution in [0.25, 0.3) is 6.08 Å². The fourth-order valence-corrected chi connectivity index (χ4v) is 2.01. The van der Waals surface area contributed by atoms with Gasteiger partial charge in [0.2, 0.25) is 5.91 Å². The van der Waals surface area contributed by atoms with E-state index in [9.17, 15) is 9.59 Å². The van der Waals surface area contributed by atoms with Gasteiger partial charge in [-0.3, -0.25) is 9.48 Å². The van der Waals surface area contributed by atoms with Crippen molar-refractivity contribution in [3.05, 3.63) is 54.4 Å². The number of allylic oxidation sites excluding steroid dienone is 1. The van der Waals surface area contributed by atoms with E-state index in [0.29, 0.717) is 18.5 Å². The molecule has 6 nitrogen and oxygen atoms in total. The van der Waals surface area contributed by atoms with Crippen LogP contribution in [0.15, 0.2) is 48.8 Å². The molecule has 0 unspecified atom stereocenters. The molecule has 0 spiro atoms. The van der Waals surface area contributed by atoms with Crippen molar-refractivity contribution in [1.82, 2.24) is 9.78 Å². The Morgan fingerprint density at radius 2 is 2.00 bits per heavy atom. The number of amides is 1. The quantitative estimate of drug-likeness (QED) is 0.818. The van der Waals surface area contributed by atoms with Gasteiger partial charge in [0.15, 0.2) is 5.54 Å². The first kappa shape index (κ1) is 17.5. The van der Waals surface area contributed by atoms with E-state index < -0.39 is 11.5 Å². The predicted octanol–water partition coefficient (Wildman–Crippen LogP) is 3.13. The van der Waals surface area contributed by atoms with E-state index in [-0.39, 0.29) is 5.91 Å². The van der Waals surface area contributed by atoms with Gasteiger partial charge >= 0.3 is 5.97 Å². The molecule has 126 valence electrons. The maximum absolute atomic E-state index is 11.9. The second-order valence-electron chi connectivity index (χ2n) is 5.94. The lowest BCUT2D eigenvalue weighted by molar-refractivity contribution is -0.146. The fraction of sp³-hybridized carbons (Fsp3) is 0.278. The average Bonchev–Trinajstić information content (AvgIpc) is 3.01. The Morgan fingerprint density at radius 3 is 2.67 bits per heavy atom. The largest absolute Gasteiger partial charge is 0.479 e. The molecule has 2 N–H and O–H groups in total. The van der Waals surface area contributed by atoms with Gasteiger partial charge in [0.1, 0.15) is 0 Å². The Morgan fingerprint density at radius 1 is 1.29 bits per heavy atom. The van der Waals surface area contributed by atoms with Gasteiger partial charge in [-0.2, -0.15) is 5.10 Å². The van der Waals surface area contributed by atoms with Gasteiger partial charge in [-0.05, 0) is 25.8 Å². The lowest BCUT2D eigenvalue weighted by Crippen LogP contribution is -2.35. The molecule has 0 saturated carbocycles. The number of aromatic nitrogens is 2. The summed E-state index contributed by atoms with van der Waals surface area (Å²) < 4.78 is 1.32. The molecule has 0 fully saturated rings. The Bertz CT molecular complexity index is 733. The topological polar surface area (TPSA) is 84.2 Å². The number of carboxylic acids is 1. The number of rotatable bonds is 7. The fourth-order valence-electron chi connectivity index (χ4n) is 2.01. The molecule has 6 heteroatoms. The van der Waals surface area contributed by atoms with Gasteiger partial charge < -0.3 is 10.4 Å². The van der Waals surface area contributed by atoms with E-state index in [1.54, 1.807) is 13.8 Å². The number of carboxylic acid groups (broad SMARTS) is 1. The number of aliphatic carboxylic acids is 1. The molecule has 0 aliphatic rings. The summed E-state index contributed by atoms with van der Waals surface area (Å²) in [5, 5.41) is 15.9. The second-order valence-corrected chi connectivity index (χ2v) is 5.94. The van der Waals surface area contributed by atoms with Crippen molar-refractivity contribution in [2.75, 3.05) is 5.32 Å². The zero-order valence-electron chi connectivity index (χ0n) is 13.8. The van der Waals surface area contributed by atoms with E-state index >= 15 is 0 Å². The monoisotopic (exact) mass is 327 g/mol. The summed E-state index contributed by atoms with van der Waals surface area (Å²) in [6.07, 6.45) is 7.85. The highest BCUT2D eigenvalue weighted by Crippen LogP contribution is 2.17. The minimum Gasteiger partial charge on any atom is -0.479 e. The number of nitrogens with zero attached hydrogens (tertiary/aromatic N) is 2. The number of hydrogen-bond acceptors (Lipinski definition) is 3. The highest BCUT2D eigenvalue weighted by Gasteiger charge is 2.30. The molecular weight excluding hydrogens is 306 g/mol. The van der Waals surface area contributed by atoms with Crippen molar-refractivity contribution in [3.63, 3.8) is 0 Å². The van der Waals surface area contributed by atoms with Gasteiger partial charge in [0.25, 0.3) is 0 Å². The summed E-state index contributed by atoms with van der Waals surface area (Å²) in [6.45, 7) is 3.09. The predicted molar refractivity (Wildman–Crippen MR) is 92.5 cm³/mol. The highest BCUT2D eigenvalue weighted by molar-refractivity contribution is 5.90. The molecule has 1 heterocycles. The van der Waals surface area contributed by atoms with E-state index in [1.165, 1.54) is 17.1 Å². The maximum atomic E-state index is 11.9. The Balaban J connectivity index is 1.84. The third kappa shape index (κ3) is 4.55. The van der Waals surface area contributed by atoms with E-state index in [2.05, 4.69) is 10.4 Å². The first-order chi connectivity index (χ1) is 11.4. The van der Waals surface area contributed by atoms with E-state index in [4.69, 9.17) is 5.11 Å². The van der Waals surface area contributed by atoms with Crippen LogP contribution in [0.3, 0.4) is 0 Å². The number of anilines is 1. The number of benzene rings is 1. The third-order valence-electron chi connectivity index (χ3n) is 3.61. The standard InChI is InChI=1S/C18H21N3O3/c1-18(2,17(23)24)21-13-15(12-19-21)20-16(22)11-7-6-10-14-8-4-3-5-9-14/h3-6,8-10,12-13H,7,11H2,1-2H3,(H,20,22)(H,23,24)/b10-6+. The molecule has 0 radical (unpaired) electrons. The molecule has 0 aliphatic carbocycles. The Labute approximate surface area is 140 Å². The summed E-state index contributed by atoms with van der Waals surface area (Å²) >= 11 is 0. The molecule has 2 aromatic rings. The average molecular weight is 327 g/mol. The van der Waals surface area contributed by atoms with Crippen LogP contribution < -0.4 is 5.32 Å². The van der Waals surface area contributed by atoms with Crippen LogP contribution in [0.4, 0.5) is 5.69 Å². The summed E-state index contributed by atoms with van der Waals surface area (Å²) in [7, 11) is 0. The van der Waals surface area contributed by atoms with Crippen LogP contribution in [0.5, 0.6) is 0 Å². The molecule has 1 aromatic heterocycles. The van der Waals surface area contributed by atoms with E-state index in [0.717, 1.165) is 5.56 Å². The van der Waals surface area contributed by atoms with Gasteiger partial charge in [-0.25, -0.2) is 4.79 Å². The summed E-state index contributed by atoms with van der Waals surface area (Å²) in [5.74, 6) is -1.13. The van der Waals surface area contributed by atoms with Crippen LogP contribution in [0.2, 0.25) is 0 Å². The molecule has 0 aliphatic heterocycles. The smallest absolute Gasteiger partial charge is 0.331 e. The number of nitrogens with one attached hydrogen (secondary N) is 1. The third-order valence-corrected chi connectivity index (χ3v) is 3.61. The van der Waals surface area contributed by atoms with Gasteiger partial charge in [-0.1, -0.05) is 42.5 Å². The lowest BCUT2D eigenvalue weighted by Gasteiger charge is -2.19. The Kier molecular flexibility index (Phi) is 5.52. The molecule has 24 heavy (non-hydrogen) atoms. The lowest BCUT2D eigenvalue weighted by atomic mass is 10.1. The van der Waals surface area contributed by atoms with E-state index in [1.807, 2.05) is 42.5 Å². The number of carbonyl (C=O) groups excluding carboxylic acids is 1. The second kappa shape index (κ2) is 7.59. The Hall–Kier alpha value is -2.89. The van der Waals surface area contributed by atoms with Gasteiger partial charge in [0, 0.05) is 12.6 Å². The summed E-state index contributed by atoms with van der Waals surface area (Å²) in [6, 6.07) is 9.87. The van der Waals surface area contributed by atoms with Crippen LogP contribution in [-0.4, -0.2) is 26.8 Å². The van der Waals surface area contributed by atoms with Gasteiger partial charge in [-0.15, -0.1) is 0 Å². The van der Waals surface area contributed by atoms with Crippen molar-refractivity contribution in [2.24, 2.45) is 0 Å². The first-order valence-electron chi connectivity index (χ1n) is 7.69. The highest BCUT2D eigenvalue weighted by atomic mass is 16.4. The minimum absolute atomic E-state index is 0.139. The zero-order chi connectivity index (χ0) is 17.6. The number of hydrogen-bond donors (Lipinski definition) is 2. The molecule has 0 saturated heterocycles. The molecule has 2 rings (SSSR count). The molecule has 0 atom stereocenters. The SMILES string of the molecule is CC(C)(C(=O)O)n1cc(NC(=O)CC/C=C/c2ccccc2)cn1. The summed E-state index contributed by atoms with van der Waals surface area (Å²) in [5.41, 5.74) is 0.415. The van der Waals surface area contributed by atoms with Crippen molar-refractivity contribution < 1.29 is 14.7 Å². The van der Waals surface area contributed by atoms with Gasteiger partial charge in [0.05, 0.1) is 11.9 Å². The molecule has 0 bridgehead atoms. The van der Waals surface area contributed by atoms with Crippen molar-refractivity contribution in [1.29, 1.82) is 0 Å². The van der Waals surface area contributed by atoms with Crippen LogP contribution in [0.1, 0.15) is 32.3 Å². The van der Waals surface area contributed by atoms with Crippen molar-refractivity contribution in [3.8, 4) is 0 Å². The van der Waals surface area contributed by atoms with Crippen LogP contribution in [0, 0.1) is 0 Å². The molecule has 1 aromatic carbocycles. The van der Waals surface area contributed by atoms with Crippen molar-refractivity contribution >= 4 is 23.6 Å². The minimum atomic E-state index is -1.17. The number of carbonyl (C=O) groups is 2. The summed E-state index contributed by atoms with van der Waals surface area (Å²) in [4.78, 5) is 23.1. The maximum Gasteiger partial charge on any atom is 0.331 e.